The van der Waals surface area contributed by atoms with E-state index >= 15 is 0 Å². The van der Waals surface area contributed by atoms with Crippen molar-refractivity contribution in [3.8, 4) is 0 Å². The van der Waals surface area contributed by atoms with Crippen LogP contribution in [-0.2, 0) is 4.74 Å². The summed E-state index contributed by atoms with van der Waals surface area (Å²) >= 11 is 0. The summed E-state index contributed by atoms with van der Waals surface area (Å²) in [5.41, 5.74) is 5.49. The number of amides is 2. The molecule has 0 aromatic heterocycles. The summed E-state index contributed by atoms with van der Waals surface area (Å²) in [6, 6.07) is -0.485. The van der Waals surface area contributed by atoms with Gasteiger partial charge in [-0.3, -0.25) is 4.90 Å². The molecule has 8 nitrogen and oxygen atoms in total. The van der Waals surface area contributed by atoms with Gasteiger partial charge >= 0.3 is 6.03 Å². The number of urea groups is 1. The van der Waals surface area contributed by atoms with Crippen LogP contribution < -0.4 is 11.6 Å². The second kappa shape index (κ2) is 4.49. The number of hydrogen-bond donors (Lipinski definition) is 4. The summed E-state index contributed by atoms with van der Waals surface area (Å²) in [6.07, 6.45) is -0.207. The molecular formula is C9H16N4O4. The zero-order valence-corrected chi connectivity index (χ0v) is 9.19. The van der Waals surface area contributed by atoms with Gasteiger partial charge in [-0.25, -0.2) is 15.6 Å². The highest BCUT2D eigenvalue weighted by molar-refractivity contribution is 5.77. The van der Waals surface area contributed by atoms with Crippen molar-refractivity contribution < 1.29 is 19.7 Å². The number of nitrogens with zero attached hydrogens (tertiary/aromatic N) is 2. The minimum Gasteiger partial charge on any atom is -0.394 e. The number of hydrogen-bond acceptors (Lipinski definition) is 6. The highest BCUT2D eigenvalue weighted by atomic mass is 16.5. The summed E-state index contributed by atoms with van der Waals surface area (Å²) in [6.45, 7) is -0.0160. The average Bonchev–Trinajstić information content (AvgIpc) is 2.67. The maximum Gasteiger partial charge on any atom is 0.342 e. The van der Waals surface area contributed by atoms with E-state index in [2.05, 4.69) is 0 Å². The summed E-state index contributed by atoms with van der Waals surface area (Å²) in [5.74, 6) is 5.65. The minimum absolute atomic E-state index is 0.184. The first-order valence-electron chi connectivity index (χ1n) is 5.30. The Labute approximate surface area is 98.0 Å². The minimum atomic E-state index is -0.785. The van der Waals surface area contributed by atoms with Crippen LogP contribution >= 0.6 is 0 Å². The Balaban J connectivity index is 2.07. The van der Waals surface area contributed by atoms with Crippen molar-refractivity contribution in [2.75, 3.05) is 13.2 Å². The van der Waals surface area contributed by atoms with E-state index < -0.39 is 24.5 Å². The fraction of sp³-hybridized carbons (Fsp3) is 0.667. The fourth-order valence-electron chi connectivity index (χ4n) is 1.93. The number of ether oxygens (including phenoxy) is 1. The number of carbonyl (C=O) groups excluding carboxylic acids is 1. The van der Waals surface area contributed by atoms with Crippen LogP contribution in [0, 0.1) is 0 Å². The predicted molar refractivity (Wildman–Crippen MR) is 56.8 cm³/mol. The van der Waals surface area contributed by atoms with Gasteiger partial charge < -0.3 is 20.7 Å². The third-order valence-electron chi connectivity index (χ3n) is 2.96. The second-order valence-corrected chi connectivity index (χ2v) is 4.05. The van der Waals surface area contributed by atoms with Crippen LogP contribution in [0.4, 0.5) is 4.79 Å². The van der Waals surface area contributed by atoms with Crippen molar-refractivity contribution in [2.45, 2.75) is 24.9 Å². The number of hydrazine groups is 1. The summed E-state index contributed by atoms with van der Waals surface area (Å²) in [4.78, 5) is 13.2. The Morgan fingerprint density at radius 2 is 2.29 bits per heavy atom. The molecule has 8 heteroatoms. The van der Waals surface area contributed by atoms with Crippen molar-refractivity contribution >= 4 is 6.03 Å². The molecule has 0 bridgehead atoms. The van der Waals surface area contributed by atoms with Gasteiger partial charge in [0.1, 0.15) is 18.2 Å². The number of rotatable bonds is 2. The molecular weight excluding hydrogens is 228 g/mol. The zero-order chi connectivity index (χ0) is 12.6. The van der Waals surface area contributed by atoms with E-state index in [0.29, 0.717) is 0 Å². The maximum atomic E-state index is 11.8. The third-order valence-corrected chi connectivity index (χ3v) is 2.96. The number of carbonyl (C=O) groups is 1. The van der Waals surface area contributed by atoms with Crippen molar-refractivity contribution in [3.05, 3.63) is 11.9 Å². The number of nitrogens with two attached hydrogens (primary N) is 2. The lowest BCUT2D eigenvalue weighted by molar-refractivity contribution is -0.0657. The topological polar surface area (TPSA) is 125 Å². The first-order chi connectivity index (χ1) is 8.04. The standard InChI is InChI=1S/C9H16N4O4/c10-7-1-2-12(9(16)13(7)11)8-3-5(15)6(4-14)17-8/h1,5-6,8,14-15H,2-4,10-11H2/t5-,6+,8+/m0/s1. The van der Waals surface area contributed by atoms with Crippen LogP contribution in [0.3, 0.4) is 0 Å². The van der Waals surface area contributed by atoms with Gasteiger partial charge in [-0.2, -0.15) is 0 Å². The smallest absolute Gasteiger partial charge is 0.342 e. The molecule has 0 aromatic rings. The number of aliphatic hydroxyl groups excluding tert-OH is 2. The van der Waals surface area contributed by atoms with Crippen molar-refractivity contribution in [1.82, 2.24) is 9.91 Å². The molecule has 2 heterocycles. The molecule has 0 aromatic carbocycles. The largest absolute Gasteiger partial charge is 0.394 e. The van der Waals surface area contributed by atoms with Gasteiger partial charge in [0.15, 0.2) is 0 Å². The van der Waals surface area contributed by atoms with E-state index in [1.54, 1.807) is 6.08 Å². The Bertz CT molecular complexity index is 348. The van der Waals surface area contributed by atoms with Gasteiger partial charge in [0, 0.05) is 13.0 Å². The Morgan fingerprint density at radius 1 is 1.59 bits per heavy atom. The van der Waals surface area contributed by atoms with Gasteiger partial charge in [-0.1, -0.05) is 0 Å². The molecule has 2 aliphatic heterocycles. The first-order valence-corrected chi connectivity index (χ1v) is 5.30. The van der Waals surface area contributed by atoms with E-state index in [9.17, 15) is 9.90 Å². The molecule has 96 valence electrons. The van der Waals surface area contributed by atoms with Crippen molar-refractivity contribution in [1.29, 1.82) is 0 Å². The number of aliphatic hydroxyl groups is 2. The van der Waals surface area contributed by atoms with Crippen LogP contribution in [0.5, 0.6) is 0 Å². The van der Waals surface area contributed by atoms with Crippen LogP contribution in [0.15, 0.2) is 11.9 Å². The lowest BCUT2D eigenvalue weighted by atomic mass is 10.2. The van der Waals surface area contributed by atoms with E-state index in [0.717, 1.165) is 5.01 Å². The third kappa shape index (κ3) is 2.07. The van der Waals surface area contributed by atoms with E-state index in [1.165, 1.54) is 4.90 Å². The van der Waals surface area contributed by atoms with Crippen LogP contribution in [-0.4, -0.2) is 57.7 Å². The SMILES string of the molecule is NC1=CCN([C@H]2C[C@H](O)[C@@H](CO)O2)C(=O)N1N. The molecule has 0 radical (unpaired) electrons. The van der Waals surface area contributed by atoms with E-state index in [1.807, 2.05) is 0 Å². The fourth-order valence-corrected chi connectivity index (χ4v) is 1.93. The quantitative estimate of drug-likeness (QED) is 0.324. The summed E-state index contributed by atoms with van der Waals surface area (Å²) in [7, 11) is 0. The Hall–Kier alpha value is -1.35. The average molecular weight is 244 g/mol. The highest BCUT2D eigenvalue weighted by Gasteiger charge is 2.40. The van der Waals surface area contributed by atoms with Crippen LogP contribution in [0.2, 0.25) is 0 Å². The van der Waals surface area contributed by atoms with Crippen LogP contribution in [0.25, 0.3) is 0 Å². The monoisotopic (exact) mass is 244 g/mol. The molecule has 0 aliphatic carbocycles. The Kier molecular flexibility index (Phi) is 3.20. The predicted octanol–water partition coefficient (Wildman–Crippen LogP) is -2.13. The second-order valence-electron chi connectivity index (χ2n) is 4.05. The highest BCUT2D eigenvalue weighted by Crippen LogP contribution is 2.25. The lowest BCUT2D eigenvalue weighted by Crippen LogP contribution is -2.55. The molecule has 0 spiro atoms. The zero-order valence-electron chi connectivity index (χ0n) is 9.19. The molecule has 1 fully saturated rings. The lowest BCUT2D eigenvalue weighted by Gasteiger charge is -2.34. The van der Waals surface area contributed by atoms with Crippen molar-refractivity contribution in [2.24, 2.45) is 11.6 Å². The molecule has 3 atom stereocenters. The van der Waals surface area contributed by atoms with E-state index in [4.69, 9.17) is 21.4 Å². The molecule has 0 saturated carbocycles. The molecule has 2 aliphatic rings. The summed E-state index contributed by atoms with van der Waals surface area (Å²) in [5, 5.41) is 19.4. The molecule has 17 heavy (non-hydrogen) atoms. The van der Waals surface area contributed by atoms with Gasteiger partial charge in [0.25, 0.3) is 0 Å². The molecule has 2 amide bonds. The van der Waals surface area contributed by atoms with Crippen molar-refractivity contribution in [3.63, 3.8) is 0 Å². The molecule has 1 saturated heterocycles. The van der Waals surface area contributed by atoms with E-state index in [-0.39, 0.29) is 25.4 Å². The van der Waals surface area contributed by atoms with Gasteiger partial charge in [-0.05, 0) is 6.08 Å². The first kappa shape index (κ1) is 12.1. The molecule has 0 unspecified atom stereocenters. The normalized spacial score (nSPS) is 34.2. The van der Waals surface area contributed by atoms with Gasteiger partial charge in [0.2, 0.25) is 0 Å². The molecule has 2 rings (SSSR count). The van der Waals surface area contributed by atoms with Gasteiger partial charge in [-0.15, -0.1) is 0 Å². The maximum absolute atomic E-state index is 11.8. The summed E-state index contributed by atoms with van der Waals surface area (Å²) < 4.78 is 5.37. The molecule has 6 N–H and O–H groups in total. The Morgan fingerprint density at radius 3 is 2.88 bits per heavy atom. The van der Waals surface area contributed by atoms with Gasteiger partial charge in [0.05, 0.1) is 12.7 Å². The van der Waals surface area contributed by atoms with Crippen LogP contribution in [0.1, 0.15) is 6.42 Å².